The Morgan fingerprint density at radius 1 is 1.58 bits per heavy atom. The number of rotatable bonds is 2. The van der Waals surface area contributed by atoms with Gasteiger partial charge in [-0.15, -0.1) is 0 Å². The SMILES string of the molecule is Cc1c(Br)cccc1CN=[N+]=[N-]. The number of hydrogen-bond acceptors (Lipinski definition) is 1. The highest BCUT2D eigenvalue weighted by molar-refractivity contribution is 9.10. The van der Waals surface area contributed by atoms with E-state index in [4.69, 9.17) is 5.53 Å². The van der Waals surface area contributed by atoms with Gasteiger partial charge in [0.15, 0.2) is 0 Å². The summed E-state index contributed by atoms with van der Waals surface area (Å²) in [5.74, 6) is 0. The molecule has 0 heterocycles. The van der Waals surface area contributed by atoms with Crippen LogP contribution in [-0.2, 0) is 6.54 Å². The second-order valence-corrected chi connectivity index (χ2v) is 3.27. The molecule has 1 rings (SSSR count). The lowest BCUT2D eigenvalue weighted by Crippen LogP contribution is -1.86. The third-order valence-electron chi connectivity index (χ3n) is 1.68. The van der Waals surface area contributed by atoms with E-state index < -0.39 is 0 Å². The van der Waals surface area contributed by atoms with Crippen LogP contribution in [-0.4, -0.2) is 0 Å². The summed E-state index contributed by atoms with van der Waals surface area (Å²) in [6.07, 6.45) is 0. The van der Waals surface area contributed by atoms with Gasteiger partial charge < -0.3 is 0 Å². The van der Waals surface area contributed by atoms with Crippen molar-refractivity contribution in [1.82, 2.24) is 0 Å². The molecule has 0 aliphatic carbocycles. The summed E-state index contributed by atoms with van der Waals surface area (Å²) in [6, 6.07) is 5.85. The van der Waals surface area contributed by atoms with Crippen molar-refractivity contribution in [3.63, 3.8) is 0 Å². The lowest BCUT2D eigenvalue weighted by atomic mass is 10.1. The number of hydrogen-bond donors (Lipinski definition) is 0. The van der Waals surface area contributed by atoms with Crippen molar-refractivity contribution in [1.29, 1.82) is 0 Å². The highest BCUT2D eigenvalue weighted by atomic mass is 79.9. The van der Waals surface area contributed by atoms with Crippen LogP contribution in [0, 0.1) is 6.92 Å². The Morgan fingerprint density at radius 2 is 2.33 bits per heavy atom. The minimum atomic E-state index is 0.418. The molecule has 3 nitrogen and oxygen atoms in total. The molecule has 1 aromatic rings. The number of benzene rings is 1. The number of azide groups is 1. The minimum absolute atomic E-state index is 0.418. The number of halogens is 1. The van der Waals surface area contributed by atoms with Crippen LogP contribution in [0.25, 0.3) is 10.4 Å². The minimum Gasteiger partial charge on any atom is -0.0893 e. The Kier molecular flexibility index (Phi) is 3.14. The van der Waals surface area contributed by atoms with Crippen molar-refractivity contribution in [2.45, 2.75) is 13.5 Å². The molecule has 0 bridgehead atoms. The first-order chi connectivity index (χ1) is 5.75. The fraction of sp³-hybridized carbons (Fsp3) is 0.250. The van der Waals surface area contributed by atoms with Crippen LogP contribution in [0.4, 0.5) is 0 Å². The Balaban J connectivity index is 2.99. The fourth-order valence-corrected chi connectivity index (χ4v) is 1.34. The molecule has 0 saturated heterocycles. The first kappa shape index (κ1) is 9.10. The molecule has 1 aromatic carbocycles. The quantitative estimate of drug-likeness (QED) is 0.420. The highest BCUT2D eigenvalue weighted by Crippen LogP contribution is 2.19. The maximum Gasteiger partial charge on any atom is 0.0513 e. The van der Waals surface area contributed by atoms with Crippen molar-refractivity contribution < 1.29 is 0 Å². The van der Waals surface area contributed by atoms with Gasteiger partial charge >= 0.3 is 0 Å². The van der Waals surface area contributed by atoms with Crippen molar-refractivity contribution >= 4 is 15.9 Å². The van der Waals surface area contributed by atoms with E-state index in [9.17, 15) is 0 Å². The fourth-order valence-electron chi connectivity index (χ4n) is 0.931. The molecule has 62 valence electrons. The Morgan fingerprint density at radius 3 is 3.00 bits per heavy atom. The Bertz CT molecular complexity index is 329. The molecule has 0 aliphatic heterocycles. The van der Waals surface area contributed by atoms with Crippen molar-refractivity contribution in [2.75, 3.05) is 0 Å². The molecular weight excluding hydrogens is 218 g/mol. The molecular formula is C8H8BrN3. The van der Waals surface area contributed by atoms with E-state index in [1.807, 2.05) is 25.1 Å². The predicted octanol–water partition coefficient (Wildman–Crippen LogP) is 3.57. The lowest BCUT2D eigenvalue weighted by molar-refractivity contribution is 1.03. The largest absolute Gasteiger partial charge is 0.0893 e. The van der Waals surface area contributed by atoms with Crippen LogP contribution in [0.1, 0.15) is 11.1 Å². The smallest absolute Gasteiger partial charge is 0.0513 e. The van der Waals surface area contributed by atoms with Crippen LogP contribution in [0.2, 0.25) is 0 Å². The lowest BCUT2D eigenvalue weighted by Gasteiger charge is -2.02. The van der Waals surface area contributed by atoms with Gasteiger partial charge in [0.25, 0.3) is 0 Å². The Hall–Kier alpha value is -0.990. The monoisotopic (exact) mass is 225 g/mol. The van der Waals surface area contributed by atoms with Gasteiger partial charge in [-0.25, -0.2) is 0 Å². The van der Waals surface area contributed by atoms with E-state index >= 15 is 0 Å². The predicted molar refractivity (Wildman–Crippen MR) is 51.7 cm³/mol. The van der Waals surface area contributed by atoms with Crippen molar-refractivity contribution in [2.24, 2.45) is 5.11 Å². The molecule has 0 atom stereocenters. The first-order valence-corrected chi connectivity index (χ1v) is 4.30. The average molecular weight is 226 g/mol. The van der Waals surface area contributed by atoms with Crippen LogP contribution < -0.4 is 0 Å². The Labute approximate surface area is 79.2 Å². The third-order valence-corrected chi connectivity index (χ3v) is 2.54. The third kappa shape index (κ3) is 2.00. The summed E-state index contributed by atoms with van der Waals surface area (Å²) < 4.78 is 1.05. The molecule has 0 aromatic heterocycles. The summed E-state index contributed by atoms with van der Waals surface area (Å²) in [5.41, 5.74) is 10.3. The van der Waals surface area contributed by atoms with Gasteiger partial charge in [0.2, 0.25) is 0 Å². The maximum atomic E-state index is 8.13. The van der Waals surface area contributed by atoms with Gasteiger partial charge in [-0.05, 0) is 29.6 Å². The molecule has 0 unspecified atom stereocenters. The summed E-state index contributed by atoms with van der Waals surface area (Å²) in [5, 5.41) is 3.50. The molecule has 0 fully saturated rings. The molecule has 0 spiro atoms. The van der Waals surface area contributed by atoms with Gasteiger partial charge in [0.1, 0.15) is 0 Å². The van der Waals surface area contributed by atoms with E-state index in [0.29, 0.717) is 6.54 Å². The molecule has 0 radical (unpaired) electrons. The molecule has 0 N–H and O–H groups in total. The topological polar surface area (TPSA) is 48.8 Å². The van der Waals surface area contributed by atoms with Gasteiger partial charge in [0, 0.05) is 9.38 Å². The maximum absolute atomic E-state index is 8.13. The molecule has 0 saturated carbocycles. The van der Waals surface area contributed by atoms with Crippen molar-refractivity contribution in [3.8, 4) is 0 Å². The zero-order chi connectivity index (χ0) is 8.97. The van der Waals surface area contributed by atoms with E-state index in [0.717, 1.165) is 15.6 Å². The van der Waals surface area contributed by atoms with Crippen LogP contribution in [0.3, 0.4) is 0 Å². The average Bonchev–Trinajstić information content (AvgIpc) is 2.08. The van der Waals surface area contributed by atoms with Crippen LogP contribution in [0.15, 0.2) is 27.8 Å². The van der Waals surface area contributed by atoms with E-state index in [2.05, 4.69) is 26.0 Å². The molecule has 4 heteroatoms. The van der Waals surface area contributed by atoms with E-state index in [1.54, 1.807) is 0 Å². The van der Waals surface area contributed by atoms with Gasteiger partial charge in [0.05, 0.1) is 6.54 Å². The summed E-state index contributed by atoms with van der Waals surface area (Å²) in [7, 11) is 0. The normalized spacial score (nSPS) is 9.17. The second-order valence-electron chi connectivity index (χ2n) is 2.41. The summed E-state index contributed by atoms with van der Waals surface area (Å²) in [6.45, 7) is 2.41. The van der Waals surface area contributed by atoms with Gasteiger partial charge in [-0.1, -0.05) is 33.2 Å². The standard InChI is InChI=1S/C8H8BrN3/c1-6-7(5-11-12-10)3-2-4-8(6)9/h2-4H,5H2,1H3. The zero-order valence-corrected chi connectivity index (χ0v) is 8.24. The number of nitrogens with zero attached hydrogens (tertiary/aromatic N) is 3. The summed E-state index contributed by atoms with van der Waals surface area (Å²) in [4.78, 5) is 2.71. The molecule has 0 aliphatic rings. The summed E-state index contributed by atoms with van der Waals surface area (Å²) >= 11 is 3.40. The van der Waals surface area contributed by atoms with Crippen LogP contribution in [0.5, 0.6) is 0 Å². The second kappa shape index (κ2) is 4.14. The van der Waals surface area contributed by atoms with Crippen molar-refractivity contribution in [3.05, 3.63) is 44.2 Å². The van der Waals surface area contributed by atoms with E-state index in [-0.39, 0.29) is 0 Å². The zero-order valence-electron chi connectivity index (χ0n) is 6.66. The highest BCUT2D eigenvalue weighted by Gasteiger charge is 1.98. The first-order valence-electron chi connectivity index (χ1n) is 3.50. The van der Waals surface area contributed by atoms with Gasteiger partial charge in [-0.2, -0.15) is 0 Å². The molecule has 12 heavy (non-hydrogen) atoms. The van der Waals surface area contributed by atoms with Gasteiger partial charge in [-0.3, -0.25) is 0 Å². The van der Waals surface area contributed by atoms with E-state index in [1.165, 1.54) is 0 Å². The van der Waals surface area contributed by atoms with Crippen LogP contribution >= 0.6 is 15.9 Å². The molecule has 0 amide bonds.